The van der Waals surface area contributed by atoms with Gasteiger partial charge < -0.3 is 9.88 Å². The number of nitrogens with one attached hydrogen (secondary N) is 1. The van der Waals surface area contributed by atoms with Gasteiger partial charge in [-0.3, -0.25) is 9.59 Å². The van der Waals surface area contributed by atoms with Gasteiger partial charge in [-0.05, 0) is 50.2 Å². The monoisotopic (exact) mass is 374 g/mol. The van der Waals surface area contributed by atoms with E-state index in [0.29, 0.717) is 11.9 Å². The average molecular weight is 374 g/mol. The van der Waals surface area contributed by atoms with Gasteiger partial charge in [-0.2, -0.15) is 13.2 Å². The minimum atomic E-state index is -4.45. The van der Waals surface area contributed by atoms with Gasteiger partial charge >= 0.3 is 6.18 Å². The van der Waals surface area contributed by atoms with Crippen LogP contribution in [0.1, 0.15) is 28.4 Å². The maximum Gasteiger partial charge on any atom is 0.416 e. The Morgan fingerprint density at radius 1 is 1.11 bits per heavy atom. The summed E-state index contributed by atoms with van der Waals surface area (Å²) in [4.78, 5) is 25.3. The number of hydrogen-bond donors (Lipinski definition) is 1. The largest absolute Gasteiger partial charge is 0.416 e. The van der Waals surface area contributed by atoms with Crippen molar-refractivity contribution in [3.05, 3.63) is 75.6 Å². The molecule has 0 radical (unpaired) electrons. The predicted molar refractivity (Wildman–Crippen MR) is 98.0 cm³/mol. The summed E-state index contributed by atoms with van der Waals surface area (Å²) in [5, 5.41) is 2.92. The average Bonchev–Trinajstić information content (AvgIpc) is 2.62. The lowest BCUT2D eigenvalue weighted by Crippen LogP contribution is -2.24. The molecule has 1 heterocycles. The van der Waals surface area contributed by atoms with Gasteiger partial charge in [0.15, 0.2) is 0 Å². The number of amides is 1. The molecule has 0 bridgehead atoms. The molecule has 0 spiro atoms. The SMILES string of the molecule is CCn1cc(C(=O)Nc2ccc(C(F)(F)F)cc2)c(=O)c2cc(C)ccc21. The van der Waals surface area contributed by atoms with Gasteiger partial charge in [-0.15, -0.1) is 0 Å². The molecule has 0 fully saturated rings. The molecule has 0 unspecified atom stereocenters. The van der Waals surface area contributed by atoms with Crippen molar-refractivity contribution in [3.8, 4) is 0 Å². The molecule has 0 aliphatic heterocycles. The molecule has 0 saturated heterocycles. The fraction of sp³-hybridized carbons (Fsp3) is 0.200. The van der Waals surface area contributed by atoms with E-state index in [2.05, 4.69) is 5.32 Å². The molecule has 2 aromatic carbocycles. The Bertz CT molecular complexity index is 1070. The van der Waals surface area contributed by atoms with Crippen molar-refractivity contribution in [2.24, 2.45) is 0 Å². The van der Waals surface area contributed by atoms with Crippen LogP contribution in [0.25, 0.3) is 10.9 Å². The van der Waals surface area contributed by atoms with Crippen LogP contribution in [-0.2, 0) is 12.7 Å². The summed E-state index contributed by atoms with van der Waals surface area (Å²) in [5.74, 6) is -0.662. The third kappa shape index (κ3) is 3.72. The zero-order valence-electron chi connectivity index (χ0n) is 14.7. The summed E-state index contributed by atoms with van der Waals surface area (Å²) in [6.07, 6.45) is -2.98. The third-order valence-electron chi connectivity index (χ3n) is 4.29. The highest BCUT2D eigenvalue weighted by atomic mass is 19.4. The summed E-state index contributed by atoms with van der Waals surface area (Å²) in [7, 11) is 0. The lowest BCUT2D eigenvalue weighted by Gasteiger charge is -2.13. The highest BCUT2D eigenvalue weighted by Crippen LogP contribution is 2.29. The summed E-state index contributed by atoms with van der Waals surface area (Å²) in [6, 6.07) is 9.50. The topological polar surface area (TPSA) is 51.1 Å². The van der Waals surface area contributed by atoms with Crippen LogP contribution in [0.2, 0.25) is 0 Å². The van der Waals surface area contributed by atoms with Gasteiger partial charge in [0.05, 0.1) is 11.1 Å². The van der Waals surface area contributed by atoms with Crippen LogP contribution in [-0.4, -0.2) is 10.5 Å². The standard InChI is InChI=1S/C20H17F3N2O2/c1-3-25-11-16(18(26)15-10-12(2)4-9-17(15)25)19(27)24-14-7-5-13(6-8-14)20(21,22)23/h4-11H,3H2,1-2H3,(H,24,27). The molecule has 3 rings (SSSR count). The van der Waals surface area contributed by atoms with E-state index in [1.165, 1.54) is 6.20 Å². The zero-order valence-corrected chi connectivity index (χ0v) is 14.7. The molecular weight excluding hydrogens is 357 g/mol. The molecule has 1 aromatic heterocycles. The Labute approximate surface area is 153 Å². The number of alkyl halides is 3. The van der Waals surface area contributed by atoms with E-state index in [1.807, 2.05) is 26.0 Å². The quantitative estimate of drug-likeness (QED) is 0.728. The van der Waals surface area contributed by atoms with Crippen LogP contribution in [0.15, 0.2) is 53.5 Å². The predicted octanol–water partition coefficient (Wildman–Crippen LogP) is 4.60. The second-order valence-corrected chi connectivity index (χ2v) is 6.21. The van der Waals surface area contributed by atoms with Crippen LogP contribution in [0.4, 0.5) is 18.9 Å². The van der Waals surface area contributed by atoms with Crippen molar-refractivity contribution in [1.29, 1.82) is 0 Å². The number of carbonyl (C=O) groups excluding carboxylic acids is 1. The Morgan fingerprint density at radius 3 is 2.37 bits per heavy atom. The Balaban J connectivity index is 1.98. The van der Waals surface area contributed by atoms with Crippen molar-refractivity contribution < 1.29 is 18.0 Å². The fourth-order valence-corrected chi connectivity index (χ4v) is 2.88. The van der Waals surface area contributed by atoms with Gasteiger partial charge in [0.2, 0.25) is 5.43 Å². The molecule has 1 amide bonds. The molecule has 7 heteroatoms. The second kappa shape index (κ2) is 6.90. The maximum atomic E-state index is 12.7. The maximum absolute atomic E-state index is 12.7. The number of fused-ring (bicyclic) bond motifs is 1. The highest BCUT2D eigenvalue weighted by molar-refractivity contribution is 6.05. The molecule has 0 aliphatic carbocycles. The van der Waals surface area contributed by atoms with Gasteiger partial charge in [0.1, 0.15) is 5.56 Å². The number of aryl methyl sites for hydroxylation is 2. The minimum Gasteiger partial charge on any atom is -0.347 e. The number of nitrogens with zero attached hydrogens (tertiary/aromatic N) is 1. The number of aromatic nitrogens is 1. The normalized spacial score (nSPS) is 11.6. The van der Waals surface area contributed by atoms with E-state index in [-0.39, 0.29) is 11.3 Å². The van der Waals surface area contributed by atoms with Crippen molar-refractivity contribution in [1.82, 2.24) is 4.57 Å². The summed E-state index contributed by atoms with van der Waals surface area (Å²) in [6.45, 7) is 4.30. The minimum absolute atomic E-state index is 0.0603. The number of hydrogen-bond acceptors (Lipinski definition) is 2. The van der Waals surface area contributed by atoms with Crippen molar-refractivity contribution in [2.75, 3.05) is 5.32 Å². The van der Waals surface area contributed by atoms with Crippen LogP contribution in [0.5, 0.6) is 0 Å². The number of rotatable bonds is 3. The molecule has 1 N–H and O–H groups in total. The van der Waals surface area contributed by atoms with E-state index in [4.69, 9.17) is 0 Å². The summed E-state index contributed by atoms with van der Waals surface area (Å²) in [5.41, 5.74) is 0.509. The molecule has 140 valence electrons. The van der Waals surface area contributed by atoms with Gasteiger partial charge in [-0.25, -0.2) is 0 Å². The van der Waals surface area contributed by atoms with E-state index >= 15 is 0 Å². The first-order chi connectivity index (χ1) is 12.7. The fourth-order valence-electron chi connectivity index (χ4n) is 2.88. The lowest BCUT2D eigenvalue weighted by molar-refractivity contribution is -0.137. The summed E-state index contributed by atoms with van der Waals surface area (Å²) < 4.78 is 39.7. The molecule has 0 atom stereocenters. The number of carbonyl (C=O) groups is 1. The van der Waals surface area contributed by atoms with Crippen LogP contribution in [0, 0.1) is 6.92 Å². The van der Waals surface area contributed by atoms with Gasteiger partial charge in [0, 0.05) is 23.8 Å². The van der Waals surface area contributed by atoms with E-state index in [1.54, 1.807) is 10.6 Å². The van der Waals surface area contributed by atoms with Crippen molar-refractivity contribution in [3.63, 3.8) is 0 Å². The van der Waals surface area contributed by atoms with Crippen LogP contribution in [0.3, 0.4) is 0 Å². The molecular formula is C20H17F3N2O2. The first kappa shape index (κ1) is 18.7. The van der Waals surface area contributed by atoms with Gasteiger partial charge in [-0.1, -0.05) is 11.6 Å². The zero-order chi connectivity index (χ0) is 19.8. The number of pyridine rings is 1. The van der Waals surface area contributed by atoms with E-state index < -0.39 is 23.1 Å². The second-order valence-electron chi connectivity index (χ2n) is 6.21. The number of anilines is 1. The Morgan fingerprint density at radius 2 is 1.78 bits per heavy atom. The molecule has 3 aromatic rings. The first-order valence-electron chi connectivity index (χ1n) is 8.33. The van der Waals surface area contributed by atoms with Crippen molar-refractivity contribution >= 4 is 22.5 Å². The van der Waals surface area contributed by atoms with Crippen LogP contribution < -0.4 is 10.7 Å². The van der Waals surface area contributed by atoms with E-state index in [9.17, 15) is 22.8 Å². The Kier molecular flexibility index (Phi) is 4.78. The molecule has 4 nitrogen and oxygen atoms in total. The van der Waals surface area contributed by atoms with Crippen molar-refractivity contribution in [2.45, 2.75) is 26.6 Å². The molecule has 0 saturated carbocycles. The highest BCUT2D eigenvalue weighted by Gasteiger charge is 2.30. The first-order valence-corrected chi connectivity index (χ1v) is 8.33. The molecule has 0 aliphatic rings. The number of benzene rings is 2. The smallest absolute Gasteiger partial charge is 0.347 e. The third-order valence-corrected chi connectivity index (χ3v) is 4.29. The Hall–Kier alpha value is -3.09. The van der Waals surface area contributed by atoms with Crippen LogP contribution >= 0.6 is 0 Å². The van der Waals surface area contributed by atoms with E-state index in [0.717, 1.165) is 35.3 Å². The number of halogens is 3. The van der Waals surface area contributed by atoms with Gasteiger partial charge in [0.25, 0.3) is 5.91 Å². The summed E-state index contributed by atoms with van der Waals surface area (Å²) >= 11 is 0. The lowest BCUT2D eigenvalue weighted by atomic mass is 10.1. The molecule has 27 heavy (non-hydrogen) atoms.